The quantitative estimate of drug-likeness (QED) is 0.855. The Morgan fingerprint density at radius 1 is 1.39 bits per heavy atom. The predicted octanol–water partition coefficient (Wildman–Crippen LogP) is 2.37. The minimum absolute atomic E-state index is 0.0800. The Labute approximate surface area is 109 Å². The number of hydrogen-bond acceptors (Lipinski definition) is 4. The molecule has 0 aromatic heterocycles. The number of aromatic carboxylic acids is 1. The smallest absolute Gasteiger partial charge is 0.337 e. The van der Waals surface area contributed by atoms with Crippen molar-refractivity contribution in [2.24, 2.45) is 10.3 Å². The normalized spacial score (nSPS) is 16.2. The monoisotopic (exact) mass is 269 g/mol. The van der Waals surface area contributed by atoms with Gasteiger partial charge in [0.15, 0.2) is 0 Å². The molecule has 1 aromatic rings. The van der Waals surface area contributed by atoms with Crippen molar-refractivity contribution in [2.75, 3.05) is 26.3 Å². The van der Waals surface area contributed by atoms with Gasteiger partial charge in [0.05, 0.1) is 31.9 Å². The Balaban J connectivity index is 2.18. The third kappa shape index (κ3) is 3.18. The second-order valence-electron chi connectivity index (χ2n) is 3.72. The fourth-order valence-electron chi connectivity index (χ4n) is 1.52. The summed E-state index contributed by atoms with van der Waals surface area (Å²) >= 11 is 5.81. The first kappa shape index (κ1) is 12.8. The number of nitrogens with zero attached hydrogens (tertiary/aromatic N) is 3. The highest BCUT2D eigenvalue weighted by atomic mass is 35.5. The zero-order valence-electron chi connectivity index (χ0n) is 9.54. The number of benzene rings is 1. The average Bonchev–Trinajstić information content (AvgIpc) is 2.37. The molecule has 2 rings (SSSR count). The van der Waals surface area contributed by atoms with Gasteiger partial charge in [-0.3, -0.25) is 5.01 Å². The van der Waals surface area contributed by atoms with Gasteiger partial charge in [0, 0.05) is 5.02 Å². The number of carboxylic acids is 1. The summed E-state index contributed by atoms with van der Waals surface area (Å²) in [5.41, 5.74) is 0.331. The van der Waals surface area contributed by atoms with E-state index in [9.17, 15) is 4.79 Å². The van der Waals surface area contributed by atoms with Crippen LogP contribution in [0.15, 0.2) is 28.5 Å². The molecule has 1 N–H and O–H groups in total. The first-order chi connectivity index (χ1) is 8.66. The van der Waals surface area contributed by atoms with Crippen LogP contribution in [0.1, 0.15) is 10.4 Å². The first-order valence-electron chi connectivity index (χ1n) is 5.44. The van der Waals surface area contributed by atoms with Crippen LogP contribution < -0.4 is 0 Å². The van der Waals surface area contributed by atoms with Gasteiger partial charge in [-0.25, -0.2) is 4.79 Å². The highest BCUT2D eigenvalue weighted by Crippen LogP contribution is 2.24. The van der Waals surface area contributed by atoms with E-state index in [1.165, 1.54) is 18.2 Å². The summed E-state index contributed by atoms with van der Waals surface area (Å²) < 4.78 is 5.17. The Hall–Kier alpha value is -1.66. The SMILES string of the molecule is O=C(O)c1ccc(Cl)cc1N=NN1CCOCC1. The maximum Gasteiger partial charge on any atom is 0.337 e. The summed E-state index contributed by atoms with van der Waals surface area (Å²) in [4.78, 5) is 11.0. The molecule has 18 heavy (non-hydrogen) atoms. The number of hydrogen-bond donors (Lipinski definition) is 1. The average molecular weight is 270 g/mol. The van der Waals surface area contributed by atoms with Crippen molar-refractivity contribution in [3.8, 4) is 0 Å². The summed E-state index contributed by atoms with van der Waals surface area (Å²) in [5, 5.41) is 19.1. The lowest BCUT2D eigenvalue weighted by atomic mass is 10.2. The van der Waals surface area contributed by atoms with Gasteiger partial charge in [0.1, 0.15) is 5.69 Å². The molecule has 1 fully saturated rings. The van der Waals surface area contributed by atoms with Crippen LogP contribution in [0.25, 0.3) is 0 Å². The summed E-state index contributed by atoms with van der Waals surface area (Å²) in [7, 11) is 0. The molecule has 0 aliphatic carbocycles. The number of rotatable bonds is 3. The largest absolute Gasteiger partial charge is 0.478 e. The van der Waals surface area contributed by atoms with E-state index < -0.39 is 5.97 Å². The van der Waals surface area contributed by atoms with Crippen molar-refractivity contribution in [1.82, 2.24) is 5.01 Å². The van der Waals surface area contributed by atoms with Crippen molar-refractivity contribution in [2.45, 2.75) is 0 Å². The van der Waals surface area contributed by atoms with Crippen molar-refractivity contribution < 1.29 is 14.6 Å². The van der Waals surface area contributed by atoms with Gasteiger partial charge in [0.2, 0.25) is 0 Å². The van der Waals surface area contributed by atoms with E-state index in [4.69, 9.17) is 21.4 Å². The van der Waals surface area contributed by atoms with Crippen LogP contribution in [0.5, 0.6) is 0 Å². The maximum atomic E-state index is 11.0. The molecule has 0 spiro atoms. The standard InChI is InChI=1S/C11H12ClN3O3/c12-8-1-2-9(11(16)17)10(7-8)13-14-15-3-5-18-6-4-15/h1-2,7H,3-6H2,(H,16,17). The van der Waals surface area contributed by atoms with Gasteiger partial charge in [-0.15, -0.1) is 5.11 Å². The molecule has 96 valence electrons. The summed E-state index contributed by atoms with van der Waals surface area (Å²) in [6.45, 7) is 2.49. The van der Waals surface area contributed by atoms with Crippen molar-refractivity contribution >= 4 is 23.3 Å². The van der Waals surface area contributed by atoms with Gasteiger partial charge in [-0.2, -0.15) is 0 Å². The van der Waals surface area contributed by atoms with Gasteiger partial charge < -0.3 is 9.84 Å². The number of morpholine rings is 1. The molecule has 1 heterocycles. The molecule has 0 unspecified atom stereocenters. The Morgan fingerprint density at radius 2 is 2.11 bits per heavy atom. The Morgan fingerprint density at radius 3 is 2.78 bits per heavy atom. The fraction of sp³-hybridized carbons (Fsp3) is 0.364. The highest BCUT2D eigenvalue weighted by molar-refractivity contribution is 6.31. The molecule has 0 saturated carbocycles. The van der Waals surface area contributed by atoms with Gasteiger partial charge >= 0.3 is 5.97 Å². The van der Waals surface area contributed by atoms with Crippen LogP contribution >= 0.6 is 11.6 Å². The van der Waals surface area contributed by atoms with Gasteiger partial charge in [0.25, 0.3) is 0 Å². The highest BCUT2D eigenvalue weighted by Gasteiger charge is 2.11. The topological polar surface area (TPSA) is 74.5 Å². The van der Waals surface area contributed by atoms with E-state index in [2.05, 4.69) is 10.3 Å². The van der Waals surface area contributed by atoms with Crippen molar-refractivity contribution in [3.05, 3.63) is 28.8 Å². The summed E-state index contributed by atoms with van der Waals surface area (Å²) in [6, 6.07) is 4.41. The summed E-state index contributed by atoms with van der Waals surface area (Å²) in [6.07, 6.45) is 0. The minimum Gasteiger partial charge on any atom is -0.478 e. The molecule has 0 bridgehead atoms. The molecule has 6 nitrogen and oxygen atoms in total. The van der Waals surface area contributed by atoms with E-state index in [1.807, 2.05) is 0 Å². The molecule has 0 radical (unpaired) electrons. The second-order valence-corrected chi connectivity index (χ2v) is 4.16. The number of carbonyl (C=O) groups is 1. The van der Waals surface area contributed by atoms with Crippen LogP contribution in [-0.4, -0.2) is 42.4 Å². The van der Waals surface area contributed by atoms with Crippen LogP contribution in [0.4, 0.5) is 5.69 Å². The third-order valence-electron chi connectivity index (χ3n) is 2.46. The second kappa shape index (κ2) is 5.79. The zero-order valence-corrected chi connectivity index (χ0v) is 10.3. The molecule has 0 atom stereocenters. The fourth-order valence-corrected chi connectivity index (χ4v) is 1.69. The lowest BCUT2D eigenvalue weighted by Gasteiger charge is -2.22. The zero-order chi connectivity index (χ0) is 13.0. The Bertz CT molecular complexity index is 473. The molecule has 1 aromatic carbocycles. The van der Waals surface area contributed by atoms with Gasteiger partial charge in [-0.05, 0) is 18.2 Å². The van der Waals surface area contributed by atoms with E-state index in [0.717, 1.165) is 0 Å². The molecular weight excluding hydrogens is 258 g/mol. The lowest BCUT2D eigenvalue weighted by molar-refractivity contribution is 0.0353. The predicted molar refractivity (Wildman–Crippen MR) is 65.3 cm³/mol. The molecular formula is C11H12ClN3O3. The van der Waals surface area contributed by atoms with Crippen molar-refractivity contribution in [3.63, 3.8) is 0 Å². The van der Waals surface area contributed by atoms with Crippen LogP contribution in [0.2, 0.25) is 5.02 Å². The molecule has 1 saturated heterocycles. The van der Waals surface area contributed by atoms with E-state index in [1.54, 1.807) is 5.01 Å². The number of ether oxygens (including phenoxy) is 1. The van der Waals surface area contributed by atoms with Gasteiger partial charge in [-0.1, -0.05) is 16.8 Å². The molecule has 1 aliphatic rings. The van der Waals surface area contributed by atoms with Crippen LogP contribution in [0.3, 0.4) is 0 Å². The maximum absolute atomic E-state index is 11.0. The molecule has 1 aliphatic heterocycles. The number of carboxylic acid groups (broad SMARTS) is 1. The Kier molecular flexibility index (Phi) is 4.11. The first-order valence-corrected chi connectivity index (χ1v) is 5.82. The molecule has 0 amide bonds. The van der Waals surface area contributed by atoms with E-state index in [-0.39, 0.29) is 11.3 Å². The summed E-state index contributed by atoms with van der Waals surface area (Å²) in [5.74, 6) is -1.05. The van der Waals surface area contributed by atoms with Crippen LogP contribution in [-0.2, 0) is 4.74 Å². The van der Waals surface area contributed by atoms with Crippen LogP contribution in [0, 0.1) is 0 Å². The van der Waals surface area contributed by atoms with E-state index in [0.29, 0.717) is 31.3 Å². The number of halogens is 1. The lowest BCUT2D eigenvalue weighted by Crippen LogP contribution is -2.31. The molecule has 7 heteroatoms. The van der Waals surface area contributed by atoms with E-state index >= 15 is 0 Å². The third-order valence-corrected chi connectivity index (χ3v) is 2.69. The minimum atomic E-state index is -1.05. The van der Waals surface area contributed by atoms with Crippen molar-refractivity contribution in [1.29, 1.82) is 0 Å².